The van der Waals surface area contributed by atoms with Crippen LogP contribution < -0.4 is 9.04 Å². The fourth-order valence-electron chi connectivity index (χ4n) is 2.86. The van der Waals surface area contributed by atoms with E-state index in [2.05, 4.69) is 0 Å². The zero-order valence-corrected chi connectivity index (χ0v) is 17.6. The number of sulfonamides is 1. The molecule has 2 aromatic carbocycles. The van der Waals surface area contributed by atoms with E-state index in [1.54, 1.807) is 36.4 Å². The summed E-state index contributed by atoms with van der Waals surface area (Å²) in [6.45, 7) is 1.83. The highest BCUT2D eigenvalue weighted by molar-refractivity contribution is 7.92. The molecule has 1 aromatic heterocycles. The van der Waals surface area contributed by atoms with Crippen LogP contribution >= 0.6 is 0 Å². The van der Waals surface area contributed by atoms with Gasteiger partial charge in [0.05, 0.1) is 30.0 Å². The van der Waals surface area contributed by atoms with Gasteiger partial charge in [0.15, 0.2) is 11.6 Å². The van der Waals surface area contributed by atoms with E-state index in [1.807, 2.05) is 6.92 Å². The highest BCUT2D eigenvalue weighted by atomic mass is 32.2. The first kappa shape index (κ1) is 22.4. The first-order valence-electron chi connectivity index (χ1n) is 9.53. The molecule has 0 spiro atoms. The molecular weight excluding hydrogens is 425 g/mol. The van der Waals surface area contributed by atoms with E-state index in [4.69, 9.17) is 14.3 Å². The van der Waals surface area contributed by atoms with Crippen LogP contribution in [-0.2, 0) is 21.4 Å². The van der Waals surface area contributed by atoms with Gasteiger partial charge >= 0.3 is 5.97 Å². The number of halogens is 1. The molecule has 0 aliphatic rings. The number of hydrogen-bond acceptors (Lipinski definition) is 5. The minimum absolute atomic E-state index is 0.00328. The second-order valence-electron chi connectivity index (χ2n) is 6.86. The zero-order valence-electron chi connectivity index (χ0n) is 16.8. The van der Waals surface area contributed by atoms with Gasteiger partial charge in [-0.3, -0.25) is 9.10 Å². The monoisotopic (exact) mass is 447 g/mol. The molecule has 7 nitrogen and oxygen atoms in total. The first-order chi connectivity index (χ1) is 14.8. The first-order valence-corrected chi connectivity index (χ1v) is 11.0. The van der Waals surface area contributed by atoms with Crippen molar-refractivity contribution < 1.29 is 31.9 Å². The maximum Gasteiger partial charge on any atom is 0.303 e. The van der Waals surface area contributed by atoms with Gasteiger partial charge in [0.25, 0.3) is 10.0 Å². The summed E-state index contributed by atoms with van der Waals surface area (Å²) in [5.74, 6) is -1.53. The third-order valence-electron chi connectivity index (χ3n) is 4.49. The van der Waals surface area contributed by atoms with Crippen LogP contribution in [0, 0.1) is 12.7 Å². The van der Waals surface area contributed by atoms with Crippen molar-refractivity contribution in [2.75, 3.05) is 10.9 Å². The topological polar surface area (TPSA) is 97.0 Å². The molecule has 3 aromatic rings. The predicted molar refractivity (Wildman–Crippen MR) is 112 cm³/mol. The number of carboxylic acid groups (broad SMARTS) is 1. The molecule has 9 heteroatoms. The lowest BCUT2D eigenvalue weighted by molar-refractivity contribution is -0.137. The molecule has 0 amide bonds. The van der Waals surface area contributed by atoms with Gasteiger partial charge < -0.3 is 14.3 Å². The Morgan fingerprint density at radius 2 is 1.90 bits per heavy atom. The Morgan fingerprint density at radius 3 is 2.52 bits per heavy atom. The van der Waals surface area contributed by atoms with Gasteiger partial charge in [-0.15, -0.1) is 0 Å². The molecule has 1 N–H and O–H groups in total. The number of ether oxygens (including phenoxy) is 1. The molecule has 1 heterocycles. The maximum absolute atomic E-state index is 14.5. The summed E-state index contributed by atoms with van der Waals surface area (Å²) in [4.78, 5) is 10.3. The Kier molecular flexibility index (Phi) is 6.96. The van der Waals surface area contributed by atoms with Gasteiger partial charge in [-0.1, -0.05) is 17.7 Å². The smallest absolute Gasteiger partial charge is 0.303 e. The summed E-state index contributed by atoms with van der Waals surface area (Å²) in [5, 5.41) is 8.64. The fourth-order valence-corrected chi connectivity index (χ4v) is 4.31. The van der Waals surface area contributed by atoms with Gasteiger partial charge in [0.2, 0.25) is 0 Å². The van der Waals surface area contributed by atoms with Crippen LogP contribution in [-0.4, -0.2) is 26.1 Å². The van der Waals surface area contributed by atoms with Gasteiger partial charge in [-0.05, 0) is 55.8 Å². The summed E-state index contributed by atoms with van der Waals surface area (Å²) >= 11 is 0. The summed E-state index contributed by atoms with van der Waals surface area (Å²) in [7, 11) is -4.12. The molecule has 0 radical (unpaired) electrons. The lowest BCUT2D eigenvalue weighted by Gasteiger charge is -2.24. The van der Waals surface area contributed by atoms with Gasteiger partial charge in [0.1, 0.15) is 5.76 Å². The molecule has 31 heavy (non-hydrogen) atoms. The lowest BCUT2D eigenvalue weighted by Crippen LogP contribution is -2.30. The number of rotatable bonds is 10. The van der Waals surface area contributed by atoms with Crippen LogP contribution in [0.15, 0.2) is 70.2 Å². The summed E-state index contributed by atoms with van der Waals surface area (Å²) in [6.07, 6.45) is 1.55. The average molecular weight is 447 g/mol. The third-order valence-corrected chi connectivity index (χ3v) is 6.26. The van der Waals surface area contributed by atoms with Gasteiger partial charge in [0, 0.05) is 6.42 Å². The molecule has 0 atom stereocenters. The van der Waals surface area contributed by atoms with Crippen molar-refractivity contribution in [3.8, 4) is 5.75 Å². The van der Waals surface area contributed by atoms with Crippen LogP contribution in [0.25, 0.3) is 0 Å². The van der Waals surface area contributed by atoms with E-state index >= 15 is 0 Å². The molecule has 164 valence electrons. The number of carboxylic acids is 1. The average Bonchev–Trinajstić information content (AvgIpc) is 3.24. The standard InChI is InChI=1S/C22H22FNO6S/c1-16-6-8-17(9-7-16)24(15-18-4-2-12-29-18)31(27,28)19-10-11-21(20(23)14-19)30-13-3-5-22(25)26/h2,4,6-12,14H,3,5,13,15H2,1H3,(H,25,26). The number of anilines is 1. The third kappa shape index (κ3) is 5.64. The van der Waals surface area contributed by atoms with E-state index in [1.165, 1.54) is 18.4 Å². The van der Waals surface area contributed by atoms with E-state index in [-0.39, 0.29) is 36.6 Å². The van der Waals surface area contributed by atoms with Crippen molar-refractivity contribution >= 4 is 21.7 Å². The van der Waals surface area contributed by atoms with Gasteiger partial charge in [-0.25, -0.2) is 12.8 Å². The van der Waals surface area contributed by atoms with Crippen LogP contribution in [0.5, 0.6) is 5.75 Å². The molecule has 0 aliphatic heterocycles. The molecule has 0 saturated carbocycles. The minimum atomic E-state index is -4.12. The van der Waals surface area contributed by atoms with Crippen molar-refractivity contribution in [1.82, 2.24) is 0 Å². The molecule has 0 bridgehead atoms. The molecule has 0 aliphatic carbocycles. The van der Waals surface area contributed by atoms with Crippen LogP contribution in [0.3, 0.4) is 0 Å². The molecular formula is C22H22FNO6S. The zero-order chi connectivity index (χ0) is 22.4. The summed E-state index contributed by atoms with van der Waals surface area (Å²) < 4.78 is 52.9. The van der Waals surface area contributed by atoms with Crippen molar-refractivity contribution in [3.63, 3.8) is 0 Å². The summed E-state index contributed by atoms with van der Waals surface area (Å²) in [5.41, 5.74) is 1.38. The second-order valence-corrected chi connectivity index (χ2v) is 8.73. The Hall–Kier alpha value is -3.33. The van der Waals surface area contributed by atoms with Crippen molar-refractivity contribution in [2.45, 2.75) is 31.2 Å². The number of carbonyl (C=O) groups is 1. The maximum atomic E-state index is 14.5. The summed E-state index contributed by atoms with van der Waals surface area (Å²) in [6, 6.07) is 13.6. The van der Waals surface area contributed by atoms with E-state index < -0.39 is 21.8 Å². The molecule has 0 unspecified atom stereocenters. The van der Waals surface area contributed by atoms with Crippen LogP contribution in [0.1, 0.15) is 24.2 Å². The Bertz CT molecular complexity index is 1130. The highest BCUT2D eigenvalue weighted by Crippen LogP contribution is 2.29. The highest BCUT2D eigenvalue weighted by Gasteiger charge is 2.27. The van der Waals surface area contributed by atoms with Crippen LogP contribution in [0.2, 0.25) is 0 Å². The normalized spacial score (nSPS) is 11.3. The van der Waals surface area contributed by atoms with Crippen molar-refractivity contribution in [1.29, 1.82) is 0 Å². The van der Waals surface area contributed by atoms with E-state index in [0.717, 1.165) is 15.9 Å². The molecule has 0 fully saturated rings. The van der Waals surface area contributed by atoms with E-state index in [9.17, 15) is 17.6 Å². The number of aryl methyl sites for hydroxylation is 1. The number of furan rings is 1. The largest absolute Gasteiger partial charge is 0.491 e. The lowest BCUT2D eigenvalue weighted by atomic mass is 10.2. The number of nitrogens with zero attached hydrogens (tertiary/aromatic N) is 1. The van der Waals surface area contributed by atoms with Crippen LogP contribution in [0.4, 0.5) is 10.1 Å². The Labute approximate surface area is 179 Å². The molecule has 0 saturated heterocycles. The number of benzene rings is 2. The number of aliphatic carboxylic acids is 1. The van der Waals surface area contributed by atoms with Crippen molar-refractivity contribution in [2.24, 2.45) is 0 Å². The second kappa shape index (κ2) is 9.65. The minimum Gasteiger partial charge on any atom is -0.491 e. The van der Waals surface area contributed by atoms with Gasteiger partial charge in [-0.2, -0.15) is 0 Å². The van der Waals surface area contributed by atoms with E-state index in [0.29, 0.717) is 11.4 Å². The predicted octanol–water partition coefficient (Wildman–Crippen LogP) is 4.37. The Balaban J connectivity index is 1.87. The Morgan fingerprint density at radius 1 is 1.16 bits per heavy atom. The number of hydrogen-bond donors (Lipinski definition) is 1. The quantitative estimate of drug-likeness (QED) is 0.464. The fraction of sp³-hybridized carbons (Fsp3) is 0.227. The molecule has 3 rings (SSSR count). The SMILES string of the molecule is Cc1ccc(N(Cc2ccco2)S(=O)(=O)c2ccc(OCCCC(=O)O)c(F)c2)cc1. The van der Waals surface area contributed by atoms with Crippen molar-refractivity contribution in [3.05, 3.63) is 78.0 Å².